The summed E-state index contributed by atoms with van der Waals surface area (Å²) in [6, 6.07) is 11.8. The molecule has 4 aromatic heterocycles. The number of fused-ring (bicyclic) bond motifs is 2. The number of aromatic nitrogens is 1. The van der Waals surface area contributed by atoms with Gasteiger partial charge in [-0.15, -0.1) is 0 Å². The number of furan rings is 3. The van der Waals surface area contributed by atoms with Crippen molar-refractivity contribution in [3.8, 4) is 11.3 Å². The van der Waals surface area contributed by atoms with E-state index in [0.717, 1.165) is 54.4 Å². The Morgan fingerprint density at radius 3 is 1.69 bits per heavy atom. The fraction of sp³-hybridized carbons (Fsp3) is 0.160. The van der Waals surface area contributed by atoms with E-state index in [0.29, 0.717) is 0 Å². The number of pyridine rings is 1. The van der Waals surface area contributed by atoms with Crippen LogP contribution in [0, 0.1) is 0 Å². The first-order valence-corrected chi connectivity index (χ1v) is 9.95. The summed E-state index contributed by atoms with van der Waals surface area (Å²) in [4.78, 5) is 5.17. The number of allylic oxidation sites excluding steroid dienone is 2. The zero-order chi connectivity index (χ0) is 19.2. The molecule has 0 radical (unpaired) electrons. The molecule has 0 bridgehead atoms. The van der Waals surface area contributed by atoms with Gasteiger partial charge in [0, 0.05) is 5.56 Å². The van der Waals surface area contributed by atoms with Crippen LogP contribution < -0.4 is 0 Å². The summed E-state index contributed by atoms with van der Waals surface area (Å²) in [6.45, 7) is 0. The molecule has 0 saturated carbocycles. The lowest BCUT2D eigenvalue weighted by Gasteiger charge is -2.12. The molecule has 4 aromatic rings. The molecule has 4 heterocycles. The van der Waals surface area contributed by atoms with E-state index in [-0.39, 0.29) is 0 Å². The number of hydrogen-bond donors (Lipinski definition) is 0. The maximum absolute atomic E-state index is 5.85. The Morgan fingerprint density at radius 2 is 1.21 bits per heavy atom. The monoisotopic (exact) mass is 381 g/mol. The molecule has 0 atom stereocenters. The summed E-state index contributed by atoms with van der Waals surface area (Å²) in [7, 11) is 0. The van der Waals surface area contributed by atoms with Gasteiger partial charge >= 0.3 is 0 Å². The lowest BCUT2D eigenvalue weighted by atomic mass is 9.97. The smallest absolute Gasteiger partial charge is 0.134 e. The zero-order valence-corrected chi connectivity index (χ0v) is 15.9. The van der Waals surface area contributed by atoms with E-state index in [4.69, 9.17) is 18.2 Å². The molecule has 6 rings (SSSR count). The quantitative estimate of drug-likeness (QED) is 0.406. The van der Waals surface area contributed by atoms with Crippen LogP contribution >= 0.6 is 0 Å². The standard InChI is InChI=1S/C25H19NO3/c1-4-18(27-11-1)14-16-7-9-20-23(22-6-3-13-29-22)21-10-8-17(25(21)26-24(16)20)15-19-5-2-12-28-19/h1-6,11-15H,7-10H2/b16-14+,17-15+. The van der Waals surface area contributed by atoms with E-state index in [9.17, 15) is 0 Å². The maximum atomic E-state index is 5.85. The summed E-state index contributed by atoms with van der Waals surface area (Å²) in [6.07, 6.45) is 13.2. The van der Waals surface area contributed by atoms with Gasteiger partial charge in [-0.2, -0.15) is 0 Å². The van der Waals surface area contributed by atoms with Gasteiger partial charge < -0.3 is 13.3 Å². The Kier molecular flexibility index (Phi) is 3.69. The predicted molar refractivity (Wildman–Crippen MR) is 112 cm³/mol. The van der Waals surface area contributed by atoms with Crippen LogP contribution in [-0.2, 0) is 12.8 Å². The third-order valence-electron chi connectivity index (χ3n) is 5.78. The Balaban J connectivity index is 1.57. The molecular weight excluding hydrogens is 362 g/mol. The van der Waals surface area contributed by atoms with Crippen LogP contribution in [0.25, 0.3) is 34.6 Å². The average molecular weight is 381 g/mol. The first-order chi connectivity index (χ1) is 14.4. The third kappa shape index (κ3) is 2.71. The molecule has 0 saturated heterocycles. The largest absolute Gasteiger partial charge is 0.465 e. The highest BCUT2D eigenvalue weighted by Gasteiger charge is 2.31. The molecule has 142 valence electrons. The fourth-order valence-corrected chi connectivity index (χ4v) is 4.53. The minimum atomic E-state index is 0.862. The van der Waals surface area contributed by atoms with Crippen molar-refractivity contribution in [1.82, 2.24) is 4.98 Å². The minimum absolute atomic E-state index is 0.862. The highest BCUT2D eigenvalue weighted by Crippen LogP contribution is 2.46. The molecule has 0 amide bonds. The average Bonchev–Trinajstić information content (AvgIpc) is 3.55. The van der Waals surface area contributed by atoms with E-state index < -0.39 is 0 Å². The number of nitrogens with zero attached hydrogens (tertiary/aromatic N) is 1. The van der Waals surface area contributed by atoms with E-state index in [1.165, 1.54) is 27.8 Å². The van der Waals surface area contributed by atoms with Crippen LogP contribution in [0.1, 0.15) is 46.9 Å². The van der Waals surface area contributed by atoms with Crippen LogP contribution in [0.4, 0.5) is 0 Å². The second-order valence-electron chi connectivity index (χ2n) is 7.49. The van der Waals surface area contributed by atoms with E-state index in [1.807, 2.05) is 30.3 Å². The summed E-state index contributed by atoms with van der Waals surface area (Å²) in [5.41, 5.74) is 8.37. The van der Waals surface area contributed by atoms with E-state index in [2.05, 4.69) is 18.2 Å². The summed E-state index contributed by atoms with van der Waals surface area (Å²) < 4.78 is 16.9. The molecule has 2 aliphatic carbocycles. The van der Waals surface area contributed by atoms with Gasteiger partial charge in [-0.05, 0) is 96.5 Å². The van der Waals surface area contributed by atoms with Crippen LogP contribution in [-0.4, -0.2) is 4.98 Å². The van der Waals surface area contributed by atoms with Gasteiger partial charge in [0.25, 0.3) is 0 Å². The van der Waals surface area contributed by atoms with Crippen molar-refractivity contribution in [1.29, 1.82) is 0 Å². The topological polar surface area (TPSA) is 52.3 Å². The SMILES string of the molecule is C(=C1/CCc2c1nc1c(c2-c2ccco2)CC/C1=C\c1ccco1)/c1ccco1. The summed E-state index contributed by atoms with van der Waals surface area (Å²) >= 11 is 0. The van der Waals surface area contributed by atoms with E-state index >= 15 is 0 Å². The second kappa shape index (κ2) is 6.52. The number of rotatable bonds is 3. The van der Waals surface area contributed by atoms with Gasteiger partial charge in [-0.25, -0.2) is 4.98 Å². The van der Waals surface area contributed by atoms with Gasteiger partial charge in [0.05, 0.1) is 30.2 Å². The van der Waals surface area contributed by atoms with Gasteiger partial charge in [-0.3, -0.25) is 0 Å². The molecule has 29 heavy (non-hydrogen) atoms. The van der Waals surface area contributed by atoms with Crippen LogP contribution in [0.5, 0.6) is 0 Å². The fourth-order valence-electron chi connectivity index (χ4n) is 4.53. The van der Waals surface area contributed by atoms with E-state index in [1.54, 1.807) is 18.8 Å². The normalized spacial score (nSPS) is 17.9. The third-order valence-corrected chi connectivity index (χ3v) is 5.78. The first kappa shape index (κ1) is 16.4. The molecule has 0 aliphatic heterocycles. The highest BCUT2D eigenvalue weighted by atomic mass is 16.3. The molecule has 4 nitrogen and oxygen atoms in total. The Hall–Kier alpha value is -3.53. The second-order valence-corrected chi connectivity index (χ2v) is 7.49. The minimum Gasteiger partial charge on any atom is -0.465 e. The van der Waals surface area contributed by atoms with Crippen molar-refractivity contribution >= 4 is 23.3 Å². The maximum Gasteiger partial charge on any atom is 0.134 e. The van der Waals surface area contributed by atoms with Gasteiger partial charge in [-0.1, -0.05) is 0 Å². The Bertz CT molecular complexity index is 1150. The number of hydrogen-bond acceptors (Lipinski definition) is 4. The zero-order valence-electron chi connectivity index (χ0n) is 15.9. The Labute approximate surface area is 168 Å². The molecule has 0 unspecified atom stereocenters. The molecule has 0 N–H and O–H groups in total. The lowest BCUT2D eigenvalue weighted by Crippen LogP contribution is -2.00. The molecule has 2 aliphatic rings. The molecular formula is C25H19NO3. The van der Waals surface area contributed by atoms with Crippen LogP contribution in [0.3, 0.4) is 0 Å². The Morgan fingerprint density at radius 1 is 0.655 bits per heavy atom. The van der Waals surface area contributed by atoms with Gasteiger partial charge in [0.1, 0.15) is 17.3 Å². The van der Waals surface area contributed by atoms with Crippen molar-refractivity contribution in [2.24, 2.45) is 0 Å². The molecule has 0 aromatic carbocycles. The van der Waals surface area contributed by atoms with Crippen molar-refractivity contribution < 1.29 is 13.3 Å². The lowest BCUT2D eigenvalue weighted by molar-refractivity contribution is 0.557. The summed E-state index contributed by atoms with van der Waals surface area (Å²) in [5, 5.41) is 0. The van der Waals surface area contributed by atoms with Crippen LogP contribution in [0.15, 0.2) is 68.4 Å². The van der Waals surface area contributed by atoms with Gasteiger partial charge in [0.2, 0.25) is 0 Å². The molecule has 0 fully saturated rings. The van der Waals surface area contributed by atoms with Crippen LogP contribution in [0.2, 0.25) is 0 Å². The van der Waals surface area contributed by atoms with Gasteiger partial charge in [0.15, 0.2) is 0 Å². The predicted octanol–water partition coefficient (Wildman–Crippen LogP) is 6.50. The van der Waals surface area contributed by atoms with Crippen molar-refractivity contribution in [3.05, 3.63) is 89.2 Å². The summed E-state index contributed by atoms with van der Waals surface area (Å²) in [5.74, 6) is 2.65. The first-order valence-electron chi connectivity index (χ1n) is 9.95. The van der Waals surface area contributed by atoms with Crippen molar-refractivity contribution in [2.45, 2.75) is 25.7 Å². The van der Waals surface area contributed by atoms with Crippen molar-refractivity contribution in [3.63, 3.8) is 0 Å². The molecule has 0 spiro atoms. The highest BCUT2D eigenvalue weighted by molar-refractivity contribution is 5.92. The molecule has 4 heteroatoms. The van der Waals surface area contributed by atoms with Crippen molar-refractivity contribution in [2.75, 3.05) is 0 Å².